The van der Waals surface area contributed by atoms with Crippen molar-refractivity contribution in [1.29, 1.82) is 0 Å². The van der Waals surface area contributed by atoms with E-state index >= 15 is 0 Å². The second-order valence-corrected chi connectivity index (χ2v) is 3.47. The SMILES string of the molecule is CCc1c(C(=O)O)ccc2[nH]c(C)nc12. The number of imidazole rings is 1. The molecule has 0 amide bonds. The van der Waals surface area contributed by atoms with E-state index in [2.05, 4.69) is 9.97 Å². The molecule has 2 aromatic rings. The highest BCUT2D eigenvalue weighted by molar-refractivity contribution is 5.95. The Morgan fingerprint density at radius 2 is 2.27 bits per heavy atom. The third-order valence-electron chi connectivity index (χ3n) is 2.46. The fourth-order valence-electron chi connectivity index (χ4n) is 1.81. The van der Waals surface area contributed by atoms with E-state index < -0.39 is 5.97 Å². The predicted molar refractivity (Wildman–Crippen MR) is 57.2 cm³/mol. The molecule has 0 fully saturated rings. The van der Waals surface area contributed by atoms with Gasteiger partial charge in [-0.1, -0.05) is 6.92 Å². The van der Waals surface area contributed by atoms with Crippen molar-refractivity contribution in [3.8, 4) is 0 Å². The number of aryl methyl sites for hydroxylation is 2. The van der Waals surface area contributed by atoms with Crippen LogP contribution in [0, 0.1) is 6.92 Å². The van der Waals surface area contributed by atoms with Crippen LogP contribution in [0.1, 0.15) is 28.7 Å². The molecule has 0 aliphatic rings. The zero-order chi connectivity index (χ0) is 11.0. The van der Waals surface area contributed by atoms with Crippen LogP contribution in [-0.2, 0) is 6.42 Å². The number of carboxylic acids is 1. The van der Waals surface area contributed by atoms with Crippen molar-refractivity contribution in [2.24, 2.45) is 0 Å². The highest BCUT2D eigenvalue weighted by atomic mass is 16.4. The lowest BCUT2D eigenvalue weighted by Gasteiger charge is -2.03. The highest BCUT2D eigenvalue weighted by Gasteiger charge is 2.13. The van der Waals surface area contributed by atoms with Crippen LogP contribution >= 0.6 is 0 Å². The molecule has 0 unspecified atom stereocenters. The fraction of sp³-hybridized carbons (Fsp3) is 0.273. The number of aromatic nitrogens is 2. The minimum Gasteiger partial charge on any atom is -0.478 e. The molecule has 78 valence electrons. The quantitative estimate of drug-likeness (QED) is 0.787. The molecule has 0 saturated heterocycles. The first-order chi connectivity index (χ1) is 7.13. The molecule has 4 heteroatoms. The third-order valence-corrected chi connectivity index (χ3v) is 2.46. The number of aromatic amines is 1. The van der Waals surface area contributed by atoms with Crippen LogP contribution < -0.4 is 0 Å². The lowest BCUT2D eigenvalue weighted by atomic mass is 10.0. The number of nitrogens with zero attached hydrogens (tertiary/aromatic N) is 1. The monoisotopic (exact) mass is 204 g/mol. The standard InChI is InChI=1S/C11H12N2O2/c1-3-7-8(11(14)15)4-5-9-10(7)13-6(2)12-9/h4-5H,3H2,1-2H3,(H,12,13)(H,14,15). The van der Waals surface area contributed by atoms with Gasteiger partial charge in [-0.3, -0.25) is 0 Å². The average molecular weight is 204 g/mol. The number of carbonyl (C=O) groups is 1. The van der Waals surface area contributed by atoms with Crippen LogP contribution in [0.15, 0.2) is 12.1 Å². The van der Waals surface area contributed by atoms with Gasteiger partial charge in [-0.25, -0.2) is 9.78 Å². The summed E-state index contributed by atoms with van der Waals surface area (Å²) in [5.74, 6) is -0.0864. The second kappa shape index (κ2) is 3.38. The normalized spacial score (nSPS) is 10.8. The van der Waals surface area contributed by atoms with Crippen LogP contribution in [0.3, 0.4) is 0 Å². The molecule has 0 aliphatic carbocycles. The number of hydrogen-bond donors (Lipinski definition) is 2. The zero-order valence-electron chi connectivity index (χ0n) is 8.66. The molecule has 15 heavy (non-hydrogen) atoms. The van der Waals surface area contributed by atoms with Crippen molar-refractivity contribution >= 4 is 17.0 Å². The smallest absolute Gasteiger partial charge is 0.336 e. The maximum atomic E-state index is 11.0. The lowest BCUT2D eigenvalue weighted by molar-refractivity contribution is 0.0696. The minimum absolute atomic E-state index is 0.344. The lowest BCUT2D eigenvalue weighted by Crippen LogP contribution is -2.02. The summed E-state index contributed by atoms with van der Waals surface area (Å²) in [7, 11) is 0. The first-order valence-electron chi connectivity index (χ1n) is 4.85. The molecule has 0 saturated carbocycles. The molecule has 0 radical (unpaired) electrons. The predicted octanol–water partition coefficient (Wildman–Crippen LogP) is 2.13. The molecular weight excluding hydrogens is 192 g/mol. The molecule has 1 heterocycles. The number of fused-ring (bicyclic) bond motifs is 1. The van der Waals surface area contributed by atoms with E-state index in [1.165, 1.54) is 0 Å². The maximum absolute atomic E-state index is 11.0. The van der Waals surface area contributed by atoms with Gasteiger partial charge in [-0.05, 0) is 31.0 Å². The summed E-state index contributed by atoms with van der Waals surface area (Å²) in [6.07, 6.45) is 0.670. The maximum Gasteiger partial charge on any atom is 0.336 e. The van der Waals surface area contributed by atoms with E-state index in [9.17, 15) is 4.79 Å². The van der Waals surface area contributed by atoms with Crippen LogP contribution in [0.4, 0.5) is 0 Å². The van der Waals surface area contributed by atoms with Crippen molar-refractivity contribution in [3.63, 3.8) is 0 Å². The summed E-state index contributed by atoms with van der Waals surface area (Å²) in [6.45, 7) is 3.80. The molecule has 1 aromatic heterocycles. The number of aromatic carboxylic acids is 1. The Labute approximate surface area is 87.0 Å². The summed E-state index contributed by atoms with van der Waals surface area (Å²) in [6, 6.07) is 3.39. The average Bonchev–Trinajstić information content (AvgIpc) is 2.55. The Balaban J connectivity index is 2.80. The van der Waals surface area contributed by atoms with Gasteiger partial charge in [-0.15, -0.1) is 0 Å². The number of rotatable bonds is 2. The van der Waals surface area contributed by atoms with E-state index in [0.29, 0.717) is 12.0 Å². The molecule has 4 nitrogen and oxygen atoms in total. The van der Waals surface area contributed by atoms with E-state index in [4.69, 9.17) is 5.11 Å². The zero-order valence-corrected chi connectivity index (χ0v) is 8.66. The Morgan fingerprint density at radius 1 is 1.53 bits per heavy atom. The second-order valence-electron chi connectivity index (χ2n) is 3.47. The first kappa shape index (κ1) is 9.71. The van der Waals surface area contributed by atoms with Crippen LogP contribution in [0.25, 0.3) is 11.0 Å². The summed E-state index contributed by atoms with van der Waals surface area (Å²) in [5, 5.41) is 9.03. The Kier molecular flexibility index (Phi) is 2.19. The largest absolute Gasteiger partial charge is 0.478 e. The van der Waals surface area contributed by atoms with Gasteiger partial charge in [0.15, 0.2) is 0 Å². The number of H-pyrrole nitrogens is 1. The third kappa shape index (κ3) is 1.48. The molecule has 0 spiro atoms. The number of nitrogens with one attached hydrogen (secondary N) is 1. The first-order valence-corrected chi connectivity index (χ1v) is 4.85. The number of benzene rings is 1. The fourth-order valence-corrected chi connectivity index (χ4v) is 1.81. The Morgan fingerprint density at radius 3 is 2.87 bits per heavy atom. The van der Waals surface area contributed by atoms with Gasteiger partial charge in [0.1, 0.15) is 5.82 Å². The van der Waals surface area contributed by atoms with Gasteiger partial charge in [0.05, 0.1) is 16.6 Å². The molecule has 0 bridgehead atoms. The van der Waals surface area contributed by atoms with Crippen LogP contribution in [0.5, 0.6) is 0 Å². The van der Waals surface area contributed by atoms with Gasteiger partial charge < -0.3 is 10.1 Å². The molecule has 1 aromatic carbocycles. The van der Waals surface area contributed by atoms with Gasteiger partial charge in [0.2, 0.25) is 0 Å². The van der Waals surface area contributed by atoms with E-state index in [0.717, 1.165) is 22.4 Å². The number of carboxylic acid groups (broad SMARTS) is 1. The van der Waals surface area contributed by atoms with Crippen molar-refractivity contribution in [1.82, 2.24) is 9.97 Å². The van der Waals surface area contributed by atoms with Gasteiger partial charge in [-0.2, -0.15) is 0 Å². The molecular formula is C11H12N2O2. The van der Waals surface area contributed by atoms with Gasteiger partial charge >= 0.3 is 5.97 Å². The Bertz CT molecular complexity index is 529. The van der Waals surface area contributed by atoms with Crippen LogP contribution in [0.2, 0.25) is 0 Å². The summed E-state index contributed by atoms with van der Waals surface area (Å²) in [5.41, 5.74) is 2.81. The number of hydrogen-bond acceptors (Lipinski definition) is 2. The minimum atomic E-state index is -0.894. The molecule has 0 aliphatic heterocycles. The van der Waals surface area contributed by atoms with E-state index in [1.54, 1.807) is 12.1 Å². The van der Waals surface area contributed by atoms with Crippen molar-refractivity contribution in [3.05, 3.63) is 29.1 Å². The van der Waals surface area contributed by atoms with Crippen molar-refractivity contribution in [2.45, 2.75) is 20.3 Å². The van der Waals surface area contributed by atoms with E-state index in [-0.39, 0.29) is 0 Å². The van der Waals surface area contributed by atoms with Gasteiger partial charge in [0, 0.05) is 0 Å². The Hall–Kier alpha value is -1.84. The highest BCUT2D eigenvalue weighted by Crippen LogP contribution is 2.21. The van der Waals surface area contributed by atoms with Crippen molar-refractivity contribution < 1.29 is 9.90 Å². The summed E-state index contributed by atoms with van der Waals surface area (Å²) < 4.78 is 0. The van der Waals surface area contributed by atoms with Gasteiger partial charge in [0.25, 0.3) is 0 Å². The van der Waals surface area contributed by atoms with Crippen molar-refractivity contribution in [2.75, 3.05) is 0 Å². The molecule has 0 atom stereocenters. The molecule has 2 N–H and O–H groups in total. The molecule has 2 rings (SSSR count). The van der Waals surface area contributed by atoms with E-state index in [1.807, 2.05) is 13.8 Å². The summed E-state index contributed by atoms with van der Waals surface area (Å²) in [4.78, 5) is 18.4. The summed E-state index contributed by atoms with van der Waals surface area (Å²) >= 11 is 0. The van der Waals surface area contributed by atoms with Crippen LogP contribution in [-0.4, -0.2) is 21.0 Å². The topological polar surface area (TPSA) is 66.0 Å².